The van der Waals surface area contributed by atoms with Crippen LogP contribution < -0.4 is 15.4 Å². The molecule has 0 heterocycles. The van der Waals surface area contributed by atoms with Crippen molar-refractivity contribution in [2.75, 3.05) is 27.2 Å². The first-order valence-electron chi connectivity index (χ1n) is 10.5. The van der Waals surface area contributed by atoms with Crippen molar-refractivity contribution < 1.29 is 13.2 Å². The van der Waals surface area contributed by atoms with Gasteiger partial charge in [-0.05, 0) is 56.5 Å². The molecule has 0 radical (unpaired) electrons. The number of nitrogens with zero attached hydrogens (tertiary/aromatic N) is 2. The molecular weight excluding hydrogens is 539 g/mol. The van der Waals surface area contributed by atoms with Crippen LogP contribution >= 0.6 is 24.0 Å². The Kier molecular flexibility index (Phi) is 12.0. The molecule has 178 valence electrons. The maximum absolute atomic E-state index is 12.6. The standard InChI is InChI=1S/C23H34N4O3S.HI/c1-6-24-23(25-16-15-20-9-7-8-10-22(20)30-5)26-17-19-11-13-21(14-12-19)31(28,29)27(4)18(2)3;/h7-14,18H,6,15-17H2,1-5H3,(H2,24,25,26);1H. The molecule has 0 bridgehead atoms. The average molecular weight is 575 g/mol. The molecule has 0 atom stereocenters. The number of nitrogens with one attached hydrogen (secondary N) is 2. The molecule has 0 aliphatic carbocycles. The molecule has 9 heteroatoms. The van der Waals surface area contributed by atoms with Crippen LogP contribution in [0.2, 0.25) is 0 Å². The van der Waals surface area contributed by atoms with Gasteiger partial charge in [0.15, 0.2) is 5.96 Å². The number of guanidine groups is 1. The van der Waals surface area contributed by atoms with E-state index in [2.05, 4.69) is 21.7 Å². The van der Waals surface area contributed by atoms with Crippen LogP contribution in [0.3, 0.4) is 0 Å². The van der Waals surface area contributed by atoms with E-state index in [1.54, 1.807) is 26.3 Å². The van der Waals surface area contributed by atoms with Crippen molar-refractivity contribution >= 4 is 40.0 Å². The molecule has 0 spiro atoms. The number of ether oxygens (including phenoxy) is 1. The van der Waals surface area contributed by atoms with E-state index in [0.29, 0.717) is 23.9 Å². The second-order valence-corrected chi connectivity index (χ2v) is 9.44. The highest BCUT2D eigenvalue weighted by Gasteiger charge is 2.22. The van der Waals surface area contributed by atoms with Crippen LogP contribution in [0.5, 0.6) is 5.75 Å². The molecule has 2 aromatic carbocycles. The zero-order valence-corrected chi connectivity index (χ0v) is 22.6. The molecule has 7 nitrogen and oxygen atoms in total. The Labute approximate surface area is 209 Å². The third kappa shape index (κ3) is 7.93. The summed E-state index contributed by atoms with van der Waals surface area (Å²) in [5.74, 6) is 1.60. The second kappa shape index (κ2) is 13.6. The van der Waals surface area contributed by atoms with Gasteiger partial charge in [-0.3, -0.25) is 0 Å². The molecule has 2 N–H and O–H groups in total. The second-order valence-electron chi connectivity index (χ2n) is 7.44. The van der Waals surface area contributed by atoms with E-state index in [1.165, 1.54) is 4.31 Å². The molecule has 0 fully saturated rings. The van der Waals surface area contributed by atoms with Gasteiger partial charge >= 0.3 is 0 Å². The summed E-state index contributed by atoms with van der Waals surface area (Å²) in [5.41, 5.74) is 2.07. The molecular formula is C23H35IN4O3S. The Morgan fingerprint density at radius 3 is 2.34 bits per heavy atom. The Morgan fingerprint density at radius 1 is 1.09 bits per heavy atom. The first kappa shape index (κ1) is 28.2. The van der Waals surface area contributed by atoms with Crippen molar-refractivity contribution in [3.63, 3.8) is 0 Å². The summed E-state index contributed by atoms with van der Waals surface area (Å²) in [6, 6.07) is 14.8. The van der Waals surface area contributed by atoms with Crippen LogP contribution in [0.15, 0.2) is 58.4 Å². The number of para-hydroxylation sites is 1. The largest absolute Gasteiger partial charge is 0.496 e. The lowest BCUT2D eigenvalue weighted by molar-refractivity contribution is 0.409. The van der Waals surface area contributed by atoms with Crippen molar-refractivity contribution in [3.8, 4) is 5.75 Å². The molecule has 0 aliphatic rings. The quantitative estimate of drug-likeness (QED) is 0.257. The highest BCUT2D eigenvalue weighted by Crippen LogP contribution is 2.18. The molecule has 0 unspecified atom stereocenters. The van der Waals surface area contributed by atoms with Gasteiger partial charge in [-0.15, -0.1) is 24.0 Å². The van der Waals surface area contributed by atoms with E-state index < -0.39 is 10.0 Å². The SMILES string of the molecule is CCNC(=NCc1ccc(S(=O)(=O)N(C)C(C)C)cc1)NCCc1ccccc1OC.I. The highest BCUT2D eigenvalue weighted by molar-refractivity contribution is 14.0. The fourth-order valence-electron chi connectivity index (χ4n) is 2.95. The minimum Gasteiger partial charge on any atom is -0.496 e. The Balaban J connectivity index is 0.00000512. The third-order valence-corrected chi connectivity index (χ3v) is 7.02. The lowest BCUT2D eigenvalue weighted by atomic mass is 10.1. The van der Waals surface area contributed by atoms with E-state index in [-0.39, 0.29) is 30.0 Å². The van der Waals surface area contributed by atoms with E-state index in [0.717, 1.165) is 29.8 Å². The van der Waals surface area contributed by atoms with Crippen molar-refractivity contribution in [1.29, 1.82) is 0 Å². The summed E-state index contributed by atoms with van der Waals surface area (Å²) in [7, 11) is -0.206. The van der Waals surface area contributed by atoms with E-state index in [1.807, 2.05) is 51.1 Å². The fraction of sp³-hybridized carbons (Fsp3) is 0.435. The van der Waals surface area contributed by atoms with Gasteiger partial charge in [-0.1, -0.05) is 30.3 Å². The van der Waals surface area contributed by atoms with Crippen molar-refractivity contribution in [2.45, 2.75) is 44.7 Å². The van der Waals surface area contributed by atoms with Crippen molar-refractivity contribution in [3.05, 3.63) is 59.7 Å². The van der Waals surface area contributed by atoms with E-state index in [4.69, 9.17) is 4.74 Å². The number of rotatable bonds is 10. The van der Waals surface area contributed by atoms with Crippen molar-refractivity contribution in [1.82, 2.24) is 14.9 Å². The molecule has 0 saturated carbocycles. The van der Waals surface area contributed by atoms with E-state index >= 15 is 0 Å². The molecule has 0 amide bonds. The normalized spacial score (nSPS) is 11.9. The predicted octanol–water partition coefficient (Wildman–Crippen LogP) is 3.64. The lowest BCUT2D eigenvalue weighted by Crippen LogP contribution is -2.38. The topological polar surface area (TPSA) is 83.0 Å². The maximum Gasteiger partial charge on any atom is 0.243 e. The van der Waals surface area contributed by atoms with Gasteiger partial charge in [0.2, 0.25) is 10.0 Å². The molecule has 2 aromatic rings. The Hall–Kier alpha value is -1.85. The predicted molar refractivity (Wildman–Crippen MR) is 141 cm³/mol. The van der Waals surface area contributed by atoms with Gasteiger partial charge < -0.3 is 15.4 Å². The first-order valence-corrected chi connectivity index (χ1v) is 11.9. The monoisotopic (exact) mass is 574 g/mol. The van der Waals surface area contributed by atoms with Gasteiger partial charge in [0.05, 0.1) is 18.6 Å². The zero-order valence-electron chi connectivity index (χ0n) is 19.5. The summed E-state index contributed by atoms with van der Waals surface area (Å²) >= 11 is 0. The molecule has 0 saturated heterocycles. The fourth-order valence-corrected chi connectivity index (χ4v) is 4.32. The van der Waals surface area contributed by atoms with Crippen LogP contribution in [-0.4, -0.2) is 52.0 Å². The summed E-state index contributed by atoms with van der Waals surface area (Å²) in [6.45, 7) is 7.63. The average Bonchev–Trinajstić information content (AvgIpc) is 2.77. The molecule has 2 rings (SSSR count). The number of hydrogen-bond acceptors (Lipinski definition) is 4. The number of aliphatic imine (C=N–C) groups is 1. The smallest absolute Gasteiger partial charge is 0.243 e. The van der Waals surface area contributed by atoms with Crippen LogP contribution in [-0.2, 0) is 23.0 Å². The van der Waals surface area contributed by atoms with Crippen LogP contribution in [0.1, 0.15) is 31.9 Å². The zero-order chi connectivity index (χ0) is 22.9. The number of methoxy groups -OCH3 is 1. The van der Waals surface area contributed by atoms with Gasteiger partial charge in [-0.25, -0.2) is 13.4 Å². The lowest BCUT2D eigenvalue weighted by Gasteiger charge is -2.21. The number of halogens is 1. The van der Waals surface area contributed by atoms with Crippen molar-refractivity contribution in [2.24, 2.45) is 4.99 Å². The number of benzene rings is 2. The number of sulfonamides is 1. The van der Waals surface area contributed by atoms with Gasteiger partial charge in [0.1, 0.15) is 5.75 Å². The minimum atomic E-state index is -3.48. The van der Waals surface area contributed by atoms with Crippen LogP contribution in [0.4, 0.5) is 0 Å². The maximum atomic E-state index is 12.6. The number of hydrogen-bond donors (Lipinski definition) is 2. The highest BCUT2D eigenvalue weighted by atomic mass is 127. The third-order valence-electron chi connectivity index (χ3n) is 4.97. The summed E-state index contributed by atoms with van der Waals surface area (Å²) < 4.78 is 31.9. The molecule has 32 heavy (non-hydrogen) atoms. The Morgan fingerprint density at radius 2 is 1.75 bits per heavy atom. The van der Waals surface area contributed by atoms with Crippen LogP contribution in [0, 0.1) is 0 Å². The van der Waals surface area contributed by atoms with E-state index in [9.17, 15) is 8.42 Å². The first-order chi connectivity index (χ1) is 14.8. The molecule has 0 aliphatic heterocycles. The minimum absolute atomic E-state index is 0. The van der Waals surface area contributed by atoms with Gasteiger partial charge in [0, 0.05) is 26.2 Å². The van der Waals surface area contributed by atoms with Gasteiger partial charge in [0.25, 0.3) is 0 Å². The molecule has 0 aromatic heterocycles. The summed E-state index contributed by atoms with van der Waals surface area (Å²) in [5, 5.41) is 6.57. The summed E-state index contributed by atoms with van der Waals surface area (Å²) in [4.78, 5) is 4.91. The van der Waals surface area contributed by atoms with Crippen LogP contribution in [0.25, 0.3) is 0 Å². The Bertz CT molecular complexity index is 963. The van der Waals surface area contributed by atoms with Gasteiger partial charge in [-0.2, -0.15) is 4.31 Å². The summed E-state index contributed by atoms with van der Waals surface area (Å²) in [6.07, 6.45) is 0.810.